The van der Waals surface area contributed by atoms with Crippen LogP contribution in [0.1, 0.15) is 19.8 Å². The highest BCUT2D eigenvalue weighted by Crippen LogP contribution is 2.29. The molecule has 1 aromatic rings. The van der Waals surface area contributed by atoms with Crippen molar-refractivity contribution in [3.63, 3.8) is 0 Å². The molecule has 2 nitrogen and oxygen atoms in total. The molecule has 1 aliphatic rings. The van der Waals surface area contributed by atoms with Crippen LogP contribution in [-0.4, -0.2) is 25.7 Å². The zero-order valence-electron chi connectivity index (χ0n) is 10.2. The van der Waals surface area contributed by atoms with Gasteiger partial charge in [0.1, 0.15) is 5.82 Å². The minimum Gasteiger partial charge on any atom is -0.368 e. The fourth-order valence-corrected chi connectivity index (χ4v) is 3.29. The van der Waals surface area contributed by atoms with Crippen molar-refractivity contribution in [1.29, 1.82) is 0 Å². The van der Waals surface area contributed by atoms with Crippen LogP contribution in [0, 0.1) is 9.39 Å². The highest BCUT2D eigenvalue weighted by molar-refractivity contribution is 14.1. The lowest BCUT2D eigenvalue weighted by atomic mass is 9.98. The molecule has 1 fully saturated rings. The molecule has 1 heterocycles. The minimum absolute atomic E-state index is 0.157. The molecule has 0 amide bonds. The van der Waals surface area contributed by atoms with Gasteiger partial charge >= 0.3 is 0 Å². The molecule has 0 aromatic heterocycles. The third-order valence-corrected chi connectivity index (χ3v) is 4.37. The van der Waals surface area contributed by atoms with E-state index in [0.29, 0.717) is 12.1 Å². The second-order valence-electron chi connectivity index (χ2n) is 4.65. The molecule has 0 bridgehead atoms. The fourth-order valence-electron chi connectivity index (χ4n) is 2.51. The first kappa shape index (κ1) is 13.1. The molecule has 0 spiro atoms. The van der Waals surface area contributed by atoms with E-state index in [1.54, 1.807) is 12.1 Å². The second kappa shape index (κ2) is 5.52. The fraction of sp³-hybridized carbons (Fsp3) is 0.538. The summed E-state index contributed by atoms with van der Waals surface area (Å²) < 4.78 is 14.1. The van der Waals surface area contributed by atoms with E-state index in [0.717, 1.165) is 28.6 Å². The van der Waals surface area contributed by atoms with Gasteiger partial charge < -0.3 is 10.2 Å². The average molecular weight is 348 g/mol. The molecule has 2 unspecified atom stereocenters. The summed E-state index contributed by atoms with van der Waals surface area (Å²) >= 11 is 2.22. The lowest BCUT2D eigenvalue weighted by molar-refractivity contribution is 0.386. The molecule has 1 N–H and O–H groups in total. The predicted molar refractivity (Wildman–Crippen MR) is 78.0 cm³/mol. The van der Waals surface area contributed by atoms with Gasteiger partial charge in [0.2, 0.25) is 0 Å². The molecule has 4 heteroatoms. The van der Waals surface area contributed by atoms with E-state index >= 15 is 0 Å². The molecule has 1 aromatic carbocycles. The van der Waals surface area contributed by atoms with Crippen molar-refractivity contribution in [2.24, 2.45) is 0 Å². The van der Waals surface area contributed by atoms with Crippen LogP contribution in [0.25, 0.3) is 0 Å². The molecule has 0 saturated carbocycles. The zero-order valence-corrected chi connectivity index (χ0v) is 12.4. The minimum atomic E-state index is -0.157. The summed E-state index contributed by atoms with van der Waals surface area (Å²) in [5, 5.41) is 3.34. The number of rotatable bonds is 2. The van der Waals surface area contributed by atoms with Crippen molar-refractivity contribution in [2.45, 2.75) is 31.8 Å². The number of halogens is 2. The predicted octanol–water partition coefficient (Wildman–Crippen LogP) is 3.01. The lowest BCUT2D eigenvalue weighted by Gasteiger charge is -2.39. The first-order valence-electron chi connectivity index (χ1n) is 6.00. The first-order valence-corrected chi connectivity index (χ1v) is 7.08. The van der Waals surface area contributed by atoms with Gasteiger partial charge in [-0.25, -0.2) is 4.39 Å². The van der Waals surface area contributed by atoms with Crippen LogP contribution in [0.5, 0.6) is 0 Å². The molecule has 94 valence electrons. The van der Waals surface area contributed by atoms with E-state index < -0.39 is 0 Å². The number of nitrogens with zero attached hydrogens (tertiary/aromatic N) is 1. The molecular formula is C13H18FIN2. The number of nitrogens with one attached hydrogen (secondary N) is 1. The number of piperidine rings is 1. The van der Waals surface area contributed by atoms with Gasteiger partial charge in [0, 0.05) is 22.2 Å². The maximum atomic E-state index is 13.1. The van der Waals surface area contributed by atoms with E-state index in [1.807, 2.05) is 13.1 Å². The number of benzene rings is 1. The summed E-state index contributed by atoms with van der Waals surface area (Å²) in [6.07, 6.45) is 2.29. The zero-order chi connectivity index (χ0) is 12.4. The smallest absolute Gasteiger partial charge is 0.124 e. The van der Waals surface area contributed by atoms with Crippen molar-refractivity contribution in [2.75, 3.05) is 18.5 Å². The summed E-state index contributed by atoms with van der Waals surface area (Å²) in [6.45, 7) is 3.28. The van der Waals surface area contributed by atoms with Crippen LogP contribution < -0.4 is 10.2 Å². The van der Waals surface area contributed by atoms with Gasteiger partial charge in [-0.3, -0.25) is 0 Å². The molecule has 2 atom stereocenters. The van der Waals surface area contributed by atoms with Crippen LogP contribution in [0.15, 0.2) is 18.2 Å². The summed E-state index contributed by atoms with van der Waals surface area (Å²) in [4.78, 5) is 2.38. The van der Waals surface area contributed by atoms with E-state index in [2.05, 4.69) is 39.7 Å². The molecule has 0 aliphatic carbocycles. The van der Waals surface area contributed by atoms with Crippen LogP contribution in [0.2, 0.25) is 0 Å². The van der Waals surface area contributed by atoms with Crippen molar-refractivity contribution in [3.8, 4) is 0 Å². The van der Waals surface area contributed by atoms with Crippen LogP contribution >= 0.6 is 22.6 Å². The molecule has 17 heavy (non-hydrogen) atoms. The monoisotopic (exact) mass is 348 g/mol. The largest absolute Gasteiger partial charge is 0.368 e. The van der Waals surface area contributed by atoms with Gasteiger partial charge in [-0.05, 0) is 67.6 Å². The van der Waals surface area contributed by atoms with Crippen LogP contribution in [0.4, 0.5) is 10.1 Å². The molecular weight excluding hydrogens is 330 g/mol. The van der Waals surface area contributed by atoms with E-state index in [4.69, 9.17) is 0 Å². The molecule has 1 aliphatic heterocycles. The van der Waals surface area contributed by atoms with Gasteiger partial charge in [0.15, 0.2) is 0 Å². The van der Waals surface area contributed by atoms with Gasteiger partial charge in [-0.1, -0.05) is 0 Å². The van der Waals surface area contributed by atoms with Gasteiger partial charge in [-0.15, -0.1) is 0 Å². The van der Waals surface area contributed by atoms with Gasteiger partial charge in [0.05, 0.1) is 5.69 Å². The van der Waals surface area contributed by atoms with Crippen LogP contribution in [0.3, 0.4) is 0 Å². The summed E-state index contributed by atoms with van der Waals surface area (Å²) in [5.74, 6) is -0.157. The van der Waals surface area contributed by atoms with E-state index in [-0.39, 0.29) is 5.82 Å². The Balaban J connectivity index is 2.17. The first-order chi connectivity index (χ1) is 8.11. The number of hydrogen-bond donors (Lipinski definition) is 1. The maximum absolute atomic E-state index is 13.1. The van der Waals surface area contributed by atoms with E-state index in [9.17, 15) is 4.39 Å². The van der Waals surface area contributed by atoms with Crippen molar-refractivity contribution in [1.82, 2.24) is 5.32 Å². The standard InChI is InChI=1S/C13H18FIN2/c1-9-7-11(16-2)5-6-17(9)13-4-3-10(14)8-12(13)15/h3-4,8-9,11,16H,5-7H2,1-2H3. The Labute approximate surface area is 116 Å². The molecule has 2 rings (SSSR count). The molecule has 1 saturated heterocycles. The van der Waals surface area contributed by atoms with Crippen molar-refractivity contribution >= 4 is 28.3 Å². The Kier molecular flexibility index (Phi) is 4.25. The Morgan fingerprint density at radius 1 is 1.47 bits per heavy atom. The van der Waals surface area contributed by atoms with Crippen molar-refractivity contribution in [3.05, 3.63) is 27.6 Å². The lowest BCUT2D eigenvalue weighted by Crippen LogP contribution is -2.46. The normalized spacial score (nSPS) is 25.1. The topological polar surface area (TPSA) is 15.3 Å². The summed E-state index contributed by atoms with van der Waals surface area (Å²) in [7, 11) is 2.02. The third kappa shape index (κ3) is 2.91. The number of hydrogen-bond acceptors (Lipinski definition) is 2. The average Bonchev–Trinajstić information content (AvgIpc) is 2.30. The Morgan fingerprint density at radius 3 is 2.82 bits per heavy atom. The highest BCUT2D eigenvalue weighted by Gasteiger charge is 2.25. The van der Waals surface area contributed by atoms with Gasteiger partial charge in [0.25, 0.3) is 0 Å². The second-order valence-corrected chi connectivity index (χ2v) is 5.81. The molecule has 0 radical (unpaired) electrons. The van der Waals surface area contributed by atoms with Gasteiger partial charge in [-0.2, -0.15) is 0 Å². The third-order valence-electron chi connectivity index (χ3n) is 3.50. The van der Waals surface area contributed by atoms with Crippen LogP contribution in [-0.2, 0) is 0 Å². The summed E-state index contributed by atoms with van der Waals surface area (Å²) in [6, 6.07) is 6.16. The highest BCUT2D eigenvalue weighted by atomic mass is 127. The summed E-state index contributed by atoms with van der Waals surface area (Å²) in [5.41, 5.74) is 1.16. The Morgan fingerprint density at radius 2 is 2.24 bits per heavy atom. The Bertz CT molecular complexity index is 397. The SMILES string of the molecule is CNC1CCN(c2ccc(F)cc2I)C(C)C1. The van der Waals surface area contributed by atoms with E-state index in [1.165, 1.54) is 0 Å². The quantitative estimate of drug-likeness (QED) is 0.827. The number of anilines is 1. The van der Waals surface area contributed by atoms with Crippen molar-refractivity contribution < 1.29 is 4.39 Å². The Hall–Kier alpha value is -0.360. The maximum Gasteiger partial charge on any atom is 0.124 e.